The Bertz CT molecular complexity index is 521. The molecule has 0 radical (unpaired) electrons. The quantitative estimate of drug-likeness (QED) is 0.461. The molecule has 1 aromatic rings. The minimum atomic E-state index is 0.137. The van der Waals surface area contributed by atoms with Crippen LogP contribution in [0.15, 0.2) is 23.5 Å². The number of unbranched alkanes of at least 4 members (excludes halogenated alkanes) is 1. The summed E-state index contributed by atoms with van der Waals surface area (Å²) in [7, 11) is 3.85. The topological polar surface area (TPSA) is 50.6 Å². The monoisotopic (exact) mass is 320 g/mol. The number of hydrogen-bond donors (Lipinski definition) is 2. The maximum atomic E-state index is 6.01. The molecule has 2 unspecified atom stereocenters. The van der Waals surface area contributed by atoms with Gasteiger partial charge in [0.15, 0.2) is 5.96 Å². The highest BCUT2D eigenvalue weighted by molar-refractivity contribution is 5.80. The Labute approximate surface area is 140 Å². The fraction of sp³-hybridized carbons (Fsp3) is 0.722. The maximum absolute atomic E-state index is 6.01. The van der Waals surface area contributed by atoms with Crippen molar-refractivity contribution in [2.45, 2.75) is 58.7 Å². The van der Waals surface area contributed by atoms with Crippen molar-refractivity contribution < 1.29 is 4.74 Å². The number of rotatable bonds is 7. The lowest BCUT2D eigenvalue weighted by Gasteiger charge is -2.52. The summed E-state index contributed by atoms with van der Waals surface area (Å²) < 4.78 is 8.06. The van der Waals surface area contributed by atoms with Gasteiger partial charge in [0, 0.05) is 51.1 Å². The lowest BCUT2D eigenvalue weighted by molar-refractivity contribution is -0.113. The number of ether oxygens (including phenoxy) is 1. The van der Waals surface area contributed by atoms with Crippen LogP contribution in [0.4, 0.5) is 0 Å². The van der Waals surface area contributed by atoms with Crippen LogP contribution in [0.2, 0.25) is 0 Å². The highest BCUT2D eigenvalue weighted by atomic mass is 16.5. The lowest BCUT2D eigenvalue weighted by atomic mass is 9.64. The first-order valence-electron chi connectivity index (χ1n) is 8.67. The number of nitrogens with one attached hydrogen (secondary N) is 2. The minimum Gasteiger partial charge on any atom is -0.378 e. The Kier molecular flexibility index (Phi) is 6.10. The first-order chi connectivity index (χ1) is 11.0. The number of aryl methyl sites for hydroxylation is 1. The van der Waals surface area contributed by atoms with Crippen molar-refractivity contribution >= 4 is 5.96 Å². The highest BCUT2D eigenvalue weighted by Crippen LogP contribution is 2.42. The summed E-state index contributed by atoms with van der Waals surface area (Å²) in [5.41, 5.74) is 1.39. The second kappa shape index (κ2) is 7.86. The standard InChI is InChI=1S/C18H32N4O/c1-6-7-10-23-16-11-15(18(16,2)3)21-17(19-4)20-12-14-8-9-22(5)13-14/h8-9,13,15-16H,6-7,10-12H2,1-5H3,(H2,19,20,21). The molecule has 1 aliphatic carbocycles. The van der Waals surface area contributed by atoms with Gasteiger partial charge < -0.3 is 19.9 Å². The van der Waals surface area contributed by atoms with Crippen molar-refractivity contribution in [2.75, 3.05) is 13.7 Å². The summed E-state index contributed by atoms with van der Waals surface area (Å²) in [5, 5.41) is 6.93. The molecule has 1 saturated carbocycles. The maximum Gasteiger partial charge on any atom is 0.191 e. The van der Waals surface area contributed by atoms with Crippen molar-refractivity contribution in [3.63, 3.8) is 0 Å². The molecule has 0 aliphatic heterocycles. The van der Waals surface area contributed by atoms with E-state index in [2.05, 4.69) is 59.4 Å². The molecule has 0 amide bonds. The number of aromatic nitrogens is 1. The van der Waals surface area contributed by atoms with E-state index in [1.807, 2.05) is 14.1 Å². The van der Waals surface area contributed by atoms with Gasteiger partial charge >= 0.3 is 0 Å². The van der Waals surface area contributed by atoms with Gasteiger partial charge in [-0.2, -0.15) is 0 Å². The molecule has 23 heavy (non-hydrogen) atoms. The van der Waals surface area contributed by atoms with E-state index in [4.69, 9.17) is 4.74 Å². The zero-order chi connectivity index (χ0) is 16.9. The van der Waals surface area contributed by atoms with Crippen molar-refractivity contribution in [1.82, 2.24) is 15.2 Å². The minimum absolute atomic E-state index is 0.137. The Morgan fingerprint density at radius 3 is 2.83 bits per heavy atom. The third-order valence-electron chi connectivity index (χ3n) is 4.88. The summed E-state index contributed by atoms with van der Waals surface area (Å²) in [6.45, 7) is 8.40. The summed E-state index contributed by atoms with van der Waals surface area (Å²) in [5.74, 6) is 0.860. The summed E-state index contributed by atoms with van der Waals surface area (Å²) in [6.07, 6.45) is 7.89. The largest absolute Gasteiger partial charge is 0.378 e. The van der Waals surface area contributed by atoms with E-state index in [9.17, 15) is 0 Å². The third kappa shape index (κ3) is 4.50. The summed E-state index contributed by atoms with van der Waals surface area (Å²) >= 11 is 0. The molecule has 2 N–H and O–H groups in total. The Balaban J connectivity index is 1.78. The van der Waals surface area contributed by atoms with Crippen molar-refractivity contribution in [1.29, 1.82) is 0 Å². The van der Waals surface area contributed by atoms with E-state index in [1.54, 1.807) is 0 Å². The lowest BCUT2D eigenvalue weighted by Crippen LogP contribution is -2.63. The molecular formula is C18H32N4O. The van der Waals surface area contributed by atoms with Crippen LogP contribution in [0.5, 0.6) is 0 Å². The number of aliphatic imine (C=N–C) groups is 1. The van der Waals surface area contributed by atoms with Crippen LogP contribution in [0.3, 0.4) is 0 Å². The third-order valence-corrected chi connectivity index (χ3v) is 4.88. The van der Waals surface area contributed by atoms with E-state index < -0.39 is 0 Å². The van der Waals surface area contributed by atoms with E-state index in [0.717, 1.165) is 32.0 Å². The average Bonchev–Trinajstić information content (AvgIpc) is 2.94. The van der Waals surface area contributed by atoms with Crippen molar-refractivity contribution in [3.05, 3.63) is 24.0 Å². The van der Waals surface area contributed by atoms with Crippen LogP contribution < -0.4 is 10.6 Å². The molecule has 2 atom stereocenters. The van der Waals surface area contributed by atoms with E-state index in [0.29, 0.717) is 12.1 Å². The normalized spacial score (nSPS) is 23.4. The van der Waals surface area contributed by atoms with Gasteiger partial charge in [-0.15, -0.1) is 0 Å². The summed E-state index contributed by atoms with van der Waals surface area (Å²) in [6, 6.07) is 2.52. The zero-order valence-corrected chi connectivity index (χ0v) is 15.2. The number of nitrogens with zero attached hydrogens (tertiary/aromatic N) is 2. The molecular weight excluding hydrogens is 288 g/mol. The molecule has 2 rings (SSSR count). The van der Waals surface area contributed by atoms with Crippen LogP contribution in [0, 0.1) is 5.41 Å². The van der Waals surface area contributed by atoms with E-state index >= 15 is 0 Å². The van der Waals surface area contributed by atoms with Crippen LogP contribution in [-0.2, 0) is 18.3 Å². The Hall–Kier alpha value is -1.49. The number of hydrogen-bond acceptors (Lipinski definition) is 2. The number of guanidine groups is 1. The Morgan fingerprint density at radius 1 is 1.48 bits per heavy atom. The molecule has 5 nitrogen and oxygen atoms in total. The molecule has 1 heterocycles. The van der Waals surface area contributed by atoms with Gasteiger partial charge in [0.1, 0.15) is 0 Å². The van der Waals surface area contributed by atoms with Crippen LogP contribution >= 0.6 is 0 Å². The zero-order valence-electron chi connectivity index (χ0n) is 15.2. The SMILES string of the molecule is CCCCOC1CC(NC(=NC)NCc2ccn(C)c2)C1(C)C. The Morgan fingerprint density at radius 2 is 2.26 bits per heavy atom. The van der Waals surface area contributed by atoms with Gasteiger partial charge in [-0.1, -0.05) is 27.2 Å². The highest BCUT2D eigenvalue weighted by Gasteiger charge is 2.49. The fourth-order valence-corrected chi connectivity index (χ4v) is 2.99. The van der Waals surface area contributed by atoms with Gasteiger partial charge in [0.25, 0.3) is 0 Å². The second-order valence-electron chi connectivity index (χ2n) is 7.08. The molecule has 0 saturated heterocycles. The van der Waals surface area contributed by atoms with Gasteiger partial charge in [-0.05, 0) is 24.5 Å². The molecule has 1 fully saturated rings. The first kappa shape index (κ1) is 17.9. The molecule has 130 valence electrons. The first-order valence-corrected chi connectivity index (χ1v) is 8.67. The molecule has 0 bridgehead atoms. The predicted molar refractivity (Wildman–Crippen MR) is 95.6 cm³/mol. The molecule has 5 heteroatoms. The van der Waals surface area contributed by atoms with Crippen LogP contribution in [0.1, 0.15) is 45.6 Å². The van der Waals surface area contributed by atoms with Crippen molar-refractivity contribution in [3.8, 4) is 0 Å². The molecule has 0 spiro atoms. The summed E-state index contributed by atoms with van der Waals surface area (Å²) in [4.78, 5) is 4.34. The van der Waals surface area contributed by atoms with Gasteiger partial charge in [-0.3, -0.25) is 4.99 Å². The average molecular weight is 320 g/mol. The van der Waals surface area contributed by atoms with E-state index in [-0.39, 0.29) is 5.41 Å². The predicted octanol–water partition coefficient (Wildman–Crippen LogP) is 2.67. The van der Waals surface area contributed by atoms with Crippen LogP contribution in [0.25, 0.3) is 0 Å². The molecule has 1 aromatic heterocycles. The smallest absolute Gasteiger partial charge is 0.191 e. The molecule has 1 aliphatic rings. The van der Waals surface area contributed by atoms with Crippen LogP contribution in [-0.4, -0.2) is 36.3 Å². The van der Waals surface area contributed by atoms with Crippen molar-refractivity contribution in [2.24, 2.45) is 17.5 Å². The van der Waals surface area contributed by atoms with E-state index in [1.165, 1.54) is 12.0 Å². The van der Waals surface area contributed by atoms with Gasteiger partial charge in [0.2, 0.25) is 0 Å². The molecule has 0 aromatic carbocycles. The second-order valence-corrected chi connectivity index (χ2v) is 7.08. The van der Waals surface area contributed by atoms with Gasteiger partial charge in [0.05, 0.1) is 6.10 Å². The van der Waals surface area contributed by atoms with Gasteiger partial charge in [-0.25, -0.2) is 0 Å². The fourth-order valence-electron chi connectivity index (χ4n) is 2.99.